The van der Waals surface area contributed by atoms with E-state index >= 15 is 4.39 Å². The maximum absolute atomic E-state index is 16.9. The summed E-state index contributed by atoms with van der Waals surface area (Å²) in [6.07, 6.45) is 9.09. The van der Waals surface area contributed by atoms with E-state index in [1.807, 2.05) is 39.0 Å². The molecule has 3 aromatic heterocycles. The highest BCUT2D eigenvalue weighted by Crippen LogP contribution is 2.52. The summed E-state index contributed by atoms with van der Waals surface area (Å²) in [5, 5.41) is 5.31. The van der Waals surface area contributed by atoms with E-state index in [4.69, 9.17) is 0 Å². The second-order valence-electron chi connectivity index (χ2n) is 15.1. The molecule has 1 spiro atoms. The Kier molecular flexibility index (Phi) is 9.18. The number of benzene rings is 1. The number of fused-ring (bicyclic) bond motifs is 2. The number of hydrogen-bond acceptors (Lipinski definition) is 8. The molecule has 1 aliphatic carbocycles. The van der Waals surface area contributed by atoms with Crippen molar-refractivity contribution in [2.45, 2.75) is 117 Å². The van der Waals surface area contributed by atoms with E-state index in [9.17, 15) is 19.2 Å². The number of aryl methyl sites for hydroxylation is 4. The van der Waals surface area contributed by atoms with Crippen molar-refractivity contribution in [2.75, 3.05) is 6.54 Å². The van der Waals surface area contributed by atoms with Gasteiger partial charge in [0.2, 0.25) is 5.91 Å². The third kappa shape index (κ3) is 6.99. The van der Waals surface area contributed by atoms with Gasteiger partial charge in [-0.05, 0) is 94.2 Å². The lowest BCUT2D eigenvalue weighted by Crippen LogP contribution is -2.43. The minimum Gasteiger partial charge on any atom is -0.328 e. The van der Waals surface area contributed by atoms with Gasteiger partial charge in [0, 0.05) is 54.2 Å². The number of Topliss-reactive ketones (excluding diaryl/α,β-unsaturated/α-hetero) is 3. The largest absolute Gasteiger partial charge is 0.328 e. The number of ketones is 3. The van der Waals surface area contributed by atoms with E-state index in [0.29, 0.717) is 28.8 Å². The molecule has 0 N–H and O–H groups in total. The van der Waals surface area contributed by atoms with Gasteiger partial charge in [0.25, 0.3) is 0 Å². The van der Waals surface area contributed by atoms with Gasteiger partial charge in [-0.25, -0.2) is 14.4 Å². The molecule has 10 nitrogen and oxygen atoms in total. The maximum atomic E-state index is 16.9. The Balaban J connectivity index is 1.30. The van der Waals surface area contributed by atoms with Gasteiger partial charge < -0.3 is 4.90 Å². The van der Waals surface area contributed by atoms with E-state index in [1.165, 1.54) is 11.8 Å². The molecule has 5 heterocycles. The molecule has 11 heteroatoms. The minimum absolute atomic E-state index is 0.0301. The van der Waals surface area contributed by atoms with Crippen LogP contribution in [0.5, 0.6) is 0 Å². The third-order valence-electron chi connectivity index (χ3n) is 11.3. The number of carbonyl (C=O) groups excluding carboxylic acids is 4. The van der Waals surface area contributed by atoms with Gasteiger partial charge in [0.1, 0.15) is 29.5 Å². The third-order valence-corrected chi connectivity index (χ3v) is 11.3. The van der Waals surface area contributed by atoms with Crippen molar-refractivity contribution in [3.8, 4) is 11.1 Å². The normalized spacial score (nSPS) is 22.4. The van der Waals surface area contributed by atoms with E-state index < -0.39 is 17.6 Å². The zero-order valence-corrected chi connectivity index (χ0v) is 29.9. The SMILES string of the molecule is CC(=O)c1nn2c3c(cc(-c4cnc(C)nc4)cc13)CCCCCC1(CC1)C(=O)CC[C@@]1(F)C[C@@H](C(=O)Cc3nc(C)ccc3C)N(C1)C(=O)C2. The molecule has 7 rings (SSSR count). The van der Waals surface area contributed by atoms with E-state index in [-0.39, 0.29) is 67.2 Å². The fourth-order valence-corrected chi connectivity index (χ4v) is 8.08. The number of alkyl halides is 1. The molecule has 266 valence electrons. The molecule has 0 radical (unpaired) electrons. The maximum Gasteiger partial charge on any atom is 0.245 e. The molecule has 51 heavy (non-hydrogen) atoms. The highest BCUT2D eigenvalue weighted by Gasteiger charge is 2.52. The molecule has 1 saturated carbocycles. The van der Waals surface area contributed by atoms with Gasteiger partial charge in [-0.1, -0.05) is 18.9 Å². The predicted octanol–water partition coefficient (Wildman–Crippen LogP) is 6.38. The van der Waals surface area contributed by atoms with Crippen LogP contribution >= 0.6 is 0 Å². The Labute approximate surface area is 297 Å². The van der Waals surface area contributed by atoms with Crippen molar-refractivity contribution in [1.29, 1.82) is 0 Å². The lowest BCUT2D eigenvalue weighted by molar-refractivity contribution is -0.138. The Morgan fingerprint density at radius 1 is 0.941 bits per heavy atom. The first-order chi connectivity index (χ1) is 24.3. The summed E-state index contributed by atoms with van der Waals surface area (Å²) in [5.41, 5.74) is 3.43. The van der Waals surface area contributed by atoms with Crippen molar-refractivity contribution in [3.63, 3.8) is 0 Å². The van der Waals surface area contributed by atoms with Crippen molar-refractivity contribution < 1.29 is 23.6 Å². The average Bonchev–Trinajstić information content (AvgIpc) is 3.67. The number of amides is 1. The summed E-state index contributed by atoms with van der Waals surface area (Å²) < 4.78 is 18.4. The van der Waals surface area contributed by atoms with Crippen LogP contribution in [0.1, 0.15) is 104 Å². The first kappa shape index (κ1) is 34.8. The van der Waals surface area contributed by atoms with Gasteiger partial charge in [-0.15, -0.1) is 0 Å². The second kappa shape index (κ2) is 13.5. The van der Waals surface area contributed by atoms with Crippen LogP contribution in [-0.2, 0) is 33.8 Å². The summed E-state index contributed by atoms with van der Waals surface area (Å²) in [6, 6.07) is 6.71. The summed E-state index contributed by atoms with van der Waals surface area (Å²) in [5.74, 6) is -0.244. The van der Waals surface area contributed by atoms with E-state index in [0.717, 1.165) is 66.5 Å². The van der Waals surface area contributed by atoms with Crippen molar-refractivity contribution in [3.05, 3.63) is 70.7 Å². The van der Waals surface area contributed by atoms with Crippen LogP contribution in [0.15, 0.2) is 36.7 Å². The summed E-state index contributed by atoms with van der Waals surface area (Å²) >= 11 is 0. The zero-order valence-electron chi connectivity index (χ0n) is 29.9. The van der Waals surface area contributed by atoms with Crippen LogP contribution in [-0.4, -0.2) is 71.1 Å². The molecule has 2 aliphatic heterocycles. The highest BCUT2D eigenvalue weighted by atomic mass is 19.1. The van der Waals surface area contributed by atoms with Crippen LogP contribution in [0, 0.1) is 26.2 Å². The number of nitrogens with zero attached hydrogens (tertiary/aromatic N) is 6. The molecule has 1 amide bonds. The van der Waals surface area contributed by atoms with Crippen LogP contribution in [0.25, 0.3) is 22.0 Å². The molecule has 0 unspecified atom stereocenters. The zero-order chi connectivity index (χ0) is 36.1. The van der Waals surface area contributed by atoms with Crippen LogP contribution in [0.3, 0.4) is 0 Å². The average molecular weight is 693 g/mol. The predicted molar refractivity (Wildman–Crippen MR) is 190 cm³/mol. The fourth-order valence-electron chi connectivity index (χ4n) is 8.08. The lowest BCUT2D eigenvalue weighted by atomic mass is 9.86. The van der Waals surface area contributed by atoms with Crippen LogP contribution in [0.2, 0.25) is 0 Å². The van der Waals surface area contributed by atoms with Crippen LogP contribution in [0.4, 0.5) is 4.39 Å². The summed E-state index contributed by atoms with van der Waals surface area (Å²) in [4.78, 5) is 69.5. The monoisotopic (exact) mass is 692 g/mol. The van der Waals surface area contributed by atoms with Gasteiger partial charge in [-0.3, -0.25) is 28.8 Å². The summed E-state index contributed by atoms with van der Waals surface area (Å²) in [7, 11) is 0. The van der Waals surface area contributed by atoms with Gasteiger partial charge >= 0.3 is 0 Å². The molecule has 2 bridgehead atoms. The summed E-state index contributed by atoms with van der Waals surface area (Å²) in [6.45, 7) is 6.45. The number of carbonyl (C=O) groups is 4. The topological polar surface area (TPSA) is 128 Å². The highest BCUT2D eigenvalue weighted by molar-refractivity contribution is 6.07. The number of halogens is 1. The molecule has 2 atom stereocenters. The molecule has 3 aliphatic rings. The quantitative estimate of drug-likeness (QED) is 0.221. The van der Waals surface area contributed by atoms with E-state index in [2.05, 4.69) is 26.1 Å². The Morgan fingerprint density at radius 3 is 2.43 bits per heavy atom. The molecule has 1 aromatic carbocycles. The standard InChI is InChI=1S/C40H45FN6O4/c1-24-9-10-25(2)44-32(24)18-34(49)33-19-40(41)13-11-35(50)39(14-15-39)12-7-5-6-8-28-16-29(30-20-42-27(4)43-21-30)17-31-37(26(3)48)45-47(38(28)31)22-36(51)46(33)23-40/h9-10,16-17,20-21,33H,5-8,11-15,18-19,22-23H2,1-4H3/t33-,40+/m0/s1. The molecular formula is C40H45FN6O4. The van der Waals surface area contributed by atoms with Crippen LogP contribution < -0.4 is 0 Å². The Morgan fingerprint density at radius 2 is 1.71 bits per heavy atom. The smallest absolute Gasteiger partial charge is 0.245 e. The number of pyridine rings is 1. The first-order valence-corrected chi connectivity index (χ1v) is 18.2. The second-order valence-corrected chi connectivity index (χ2v) is 15.1. The molecule has 1 saturated heterocycles. The van der Waals surface area contributed by atoms with Gasteiger partial charge in [0.15, 0.2) is 11.6 Å². The Hall–Kier alpha value is -4.67. The van der Waals surface area contributed by atoms with Crippen molar-refractivity contribution in [1.82, 2.24) is 29.6 Å². The van der Waals surface area contributed by atoms with Gasteiger partial charge in [-0.2, -0.15) is 5.10 Å². The molecule has 4 aromatic rings. The molecular weight excluding hydrogens is 647 g/mol. The van der Waals surface area contributed by atoms with Gasteiger partial charge in [0.05, 0.1) is 30.2 Å². The first-order valence-electron chi connectivity index (χ1n) is 18.2. The Bertz CT molecular complexity index is 2050. The van der Waals surface area contributed by atoms with Crippen molar-refractivity contribution >= 4 is 34.2 Å². The number of hydrogen-bond donors (Lipinski definition) is 0. The lowest BCUT2D eigenvalue weighted by Gasteiger charge is -2.24. The fraction of sp³-hybridized carbons (Fsp3) is 0.500. The minimum atomic E-state index is -1.89. The van der Waals surface area contributed by atoms with E-state index in [1.54, 1.807) is 17.1 Å². The number of aromatic nitrogens is 5. The molecule has 2 fully saturated rings. The van der Waals surface area contributed by atoms with Crippen molar-refractivity contribution in [2.24, 2.45) is 5.41 Å². The number of rotatable bonds is 5.